The smallest absolute Gasteiger partial charge is 0.408 e. The lowest BCUT2D eigenvalue weighted by Crippen LogP contribution is -2.44. The van der Waals surface area contributed by atoms with E-state index in [4.69, 9.17) is 9.84 Å². The van der Waals surface area contributed by atoms with Crippen LogP contribution in [-0.2, 0) is 9.53 Å². The molecule has 0 saturated carbocycles. The van der Waals surface area contributed by atoms with Gasteiger partial charge in [0, 0.05) is 0 Å². The lowest BCUT2D eigenvalue weighted by Gasteiger charge is -2.17. The molecule has 0 aliphatic heterocycles. The van der Waals surface area contributed by atoms with Gasteiger partial charge < -0.3 is 15.2 Å². The number of hydrogen-bond donors (Lipinski definition) is 2. The predicted octanol–water partition coefficient (Wildman–Crippen LogP) is 2.26. The second-order valence-corrected chi connectivity index (χ2v) is 4.58. The summed E-state index contributed by atoms with van der Waals surface area (Å²) < 4.78 is 5.01. The Balaban J connectivity index is 2.43. The Morgan fingerprint density at radius 1 is 1.42 bits per heavy atom. The molecule has 0 aromatic rings. The molecule has 104 valence electrons. The highest BCUT2D eigenvalue weighted by atomic mass is 16.5. The number of carboxylic acids is 1. The molecule has 0 saturated heterocycles. The molecule has 5 nitrogen and oxygen atoms in total. The largest absolute Gasteiger partial charge is 0.480 e. The summed E-state index contributed by atoms with van der Waals surface area (Å²) in [7, 11) is 0. The van der Waals surface area contributed by atoms with Crippen LogP contribution in [0.25, 0.3) is 0 Å². The molecule has 1 rings (SSSR count). The second kappa shape index (κ2) is 7.41. The molecule has 5 heteroatoms. The van der Waals surface area contributed by atoms with Crippen LogP contribution in [0.5, 0.6) is 0 Å². The molecular formula is C14H19NO4. The van der Waals surface area contributed by atoms with Crippen LogP contribution in [0.3, 0.4) is 0 Å². The number of carbonyl (C=O) groups is 2. The maximum atomic E-state index is 11.5. The Morgan fingerprint density at radius 2 is 2.16 bits per heavy atom. The molecule has 1 amide bonds. The fourth-order valence-corrected chi connectivity index (χ4v) is 1.56. The predicted molar refractivity (Wildman–Crippen MR) is 71.7 cm³/mol. The summed E-state index contributed by atoms with van der Waals surface area (Å²) in [6, 6.07) is -0.937. The van der Waals surface area contributed by atoms with Gasteiger partial charge in [-0.2, -0.15) is 0 Å². The summed E-state index contributed by atoms with van der Waals surface area (Å²) in [5.74, 6) is -1.27. The minimum absolute atomic E-state index is 0.133. The molecular weight excluding hydrogens is 246 g/mol. The molecule has 0 spiro atoms. The zero-order chi connectivity index (χ0) is 14.3. The van der Waals surface area contributed by atoms with Crippen molar-refractivity contribution in [2.75, 3.05) is 6.61 Å². The molecule has 0 radical (unpaired) electrons. The molecule has 1 aliphatic rings. The third-order valence-corrected chi connectivity index (χ3v) is 2.65. The molecule has 0 fully saturated rings. The Morgan fingerprint density at radius 3 is 2.79 bits per heavy atom. The number of ether oxygens (including phenoxy) is 1. The van der Waals surface area contributed by atoms with E-state index in [1.807, 2.05) is 30.4 Å². The maximum Gasteiger partial charge on any atom is 0.408 e. The molecule has 0 bridgehead atoms. The Labute approximate surface area is 112 Å². The van der Waals surface area contributed by atoms with Crippen molar-refractivity contribution >= 4 is 12.1 Å². The number of hydrogen-bond acceptors (Lipinski definition) is 3. The summed E-state index contributed by atoms with van der Waals surface area (Å²) in [6.07, 6.45) is 9.66. The monoisotopic (exact) mass is 265 g/mol. The lowest BCUT2D eigenvalue weighted by atomic mass is 10.1. The van der Waals surface area contributed by atoms with Crippen LogP contribution in [0.15, 0.2) is 36.0 Å². The molecule has 2 N–H and O–H groups in total. The lowest BCUT2D eigenvalue weighted by molar-refractivity contribution is -0.140. The van der Waals surface area contributed by atoms with Gasteiger partial charge >= 0.3 is 12.1 Å². The number of aliphatic carboxylic acids is 1. The molecule has 0 aromatic carbocycles. The number of amides is 1. The maximum absolute atomic E-state index is 11.5. The first-order valence-electron chi connectivity index (χ1n) is 6.19. The van der Waals surface area contributed by atoms with Gasteiger partial charge in [-0.1, -0.05) is 44.2 Å². The highest BCUT2D eigenvalue weighted by Crippen LogP contribution is 2.06. The van der Waals surface area contributed by atoms with Crippen molar-refractivity contribution in [3.05, 3.63) is 36.0 Å². The normalized spacial score (nSPS) is 15.6. The van der Waals surface area contributed by atoms with Gasteiger partial charge in [-0.25, -0.2) is 9.59 Å². The third kappa shape index (κ3) is 5.42. The first kappa shape index (κ1) is 15.0. The quantitative estimate of drug-likeness (QED) is 0.799. The fourth-order valence-electron chi connectivity index (χ4n) is 1.56. The summed E-state index contributed by atoms with van der Waals surface area (Å²) in [5, 5.41) is 11.3. The van der Waals surface area contributed by atoms with Gasteiger partial charge in [0.05, 0.1) is 0 Å². The zero-order valence-electron chi connectivity index (χ0n) is 11.1. The van der Waals surface area contributed by atoms with Crippen LogP contribution in [0.4, 0.5) is 4.79 Å². The molecule has 1 aliphatic carbocycles. The first-order valence-corrected chi connectivity index (χ1v) is 6.19. The highest BCUT2D eigenvalue weighted by Gasteiger charge is 2.23. The average Bonchev–Trinajstić information content (AvgIpc) is 2.61. The molecule has 19 heavy (non-hydrogen) atoms. The summed E-state index contributed by atoms with van der Waals surface area (Å²) in [6.45, 7) is 3.58. The standard InChI is InChI=1S/C14H19NO4/c1-10(2)12(13(16)17)15-14(18)19-9-11-7-5-3-4-6-8-11/h3-5,7-8,10,12H,6,9H2,1-2H3,(H,15,18)(H,16,17)/t12-/m0/s1. The van der Waals surface area contributed by atoms with E-state index in [2.05, 4.69) is 5.32 Å². The van der Waals surface area contributed by atoms with Gasteiger partial charge in [-0.05, 0) is 17.9 Å². The van der Waals surface area contributed by atoms with E-state index in [1.54, 1.807) is 13.8 Å². The first-order chi connectivity index (χ1) is 9.00. The number of allylic oxidation sites excluding steroid dienone is 4. The van der Waals surface area contributed by atoms with Crippen LogP contribution in [0.2, 0.25) is 0 Å². The van der Waals surface area contributed by atoms with Crippen molar-refractivity contribution in [3.63, 3.8) is 0 Å². The third-order valence-electron chi connectivity index (χ3n) is 2.65. The van der Waals surface area contributed by atoms with Gasteiger partial charge in [0.15, 0.2) is 0 Å². The van der Waals surface area contributed by atoms with Crippen molar-refractivity contribution in [2.24, 2.45) is 5.92 Å². The van der Waals surface area contributed by atoms with Crippen LogP contribution < -0.4 is 5.32 Å². The molecule has 1 atom stereocenters. The van der Waals surface area contributed by atoms with E-state index in [0.717, 1.165) is 12.0 Å². The minimum Gasteiger partial charge on any atom is -0.480 e. The Hall–Kier alpha value is -2.04. The molecule has 0 aromatic heterocycles. The van der Waals surface area contributed by atoms with Crippen molar-refractivity contribution < 1.29 is 19.4 Å². The van der Waals surface area contributed by atoms with E-state index in [0.29, 0.717) is 0 Å². The van der Waals surface area contributed by atoms with Crippen molar-refractivity contribution in [3.8, 4) is 0 Å². The van der Waals surface area contributed by atoms with Crippen molar-refractivity contribution in [2.45, 2.75) is 26.3 Å². The van der Waals surface area contributed by atoms with Crippen molar-refractivity contribution in [1.82, 2.24) is 5.32 Å². The van der Waals surface area contributed by atoms with Crippen LogP contribution in [0.1, 0.15) is 20.3 Å². The van der Waals surface area contributed by atoms with E-state index < -0.39 is 18.1 Å². The average molecular weight is 265 g/mol. The second-order valence-electron chi connectivity index (χ2n) is 4.58. The number of alkyl carbamates (subject to hydrolysis) is 1. The molecule has 0 heterocycles. The molecule has 0 unspecified atom stereocenters. The summed E-state index contributed by atoms with van der Waals surface area (Å²) in [4.78, 5) is 22.5. The SMILES string of the molecule is CC(C)[C@H](NC(=O)OCC1=CCC=CC=C1)C(=O)O. The highest BCUT2D eigenvalue weighted by molar-refractivity contribution is 5.80. The Kier molecular flexibility index (Phi) is 5.85. The van der Waals surface area contributed by atoms with Gasteiger partial charge in [0.2, 0.25) is 0 Å². The number of rotatable bonds is 5. The van der Waals surface area contributed by atoms with Crippen LogP contribution in [-0.4, -0.2) is 29.8 Å². The summed E-state index contributed by atoms with van der Waals surface area (Å²) in [5.41, 5.74) is 0.886. The van der Waals surface area contributed by atoms with E-state index in [9.17, 15) is 9.59 Å². The number of carbonyl (C=O) groups excluding carboxylic acids is 1. The van der Waals surface area contributed by atoms with Crippen LogP contribution >= 0.6 is 0 Å². The Bertz CT molecular complexity index is 421. The number of carboxylic acid groups (broad SMARTS) is 1. The van der Waals surface area contributed by atoms with Crippen molar-refractivity contribution in [1.29, 1.82) is 0 Å². The van der Waals surface area contributed by atoms with Gasteiger partial charge in [0.1, 0.15) is 12.6 Å². The van der Waals surface area contributed by atoms with Crippen LogP contribution in [0, 0.1) is 5.92 Å². The fraction of sp³-hybridized carbons (Fsp3) is 0.429. The van der Waals surface area contributed by atoms with Gasteiger partial charge in [0.25, 0.3) is 0 Å². The summed E-state index contributed by atoms with van der Waals surface area (Å²) >= 11 is 0. The number of nitrogens with one attached hydrogen (secondary N) is 1. The van der Waals surface area contributed by atoms with E-state index in [-0.39, 0.29) is 12.5 Å². The minimum atomic E-state index is -1.07. The topological polar surface area (TPSA) is 75.6 Å². The zero-order valence-corrected chi connectivity index (χ0v) is 11.1. The van der Waals surface area contributed by atoms with E-state index >= 15 is 0 Å². The van der Waals surface area contributed by atoms with E-state index in [1.165, 1.54) is 0 Å². The van der Waals surface area contributed by atoms with Gasteiger partial charge in [-0.15, -0.1) is 0 Å². The van der Waals surface area contributed by atoms with Gasteiger partial charge in [-0.3, -0.25) is 0 Å².